The van der Waals surface area contributed by atoms with Crippen LogP contribution in [0, 0.1) is 0 Å². The number of unbranched alkanes of at least 4 members (excludes halogenated alkanes) is 1. The topological polar surface area (TPSA) is 99.2 Å². The highest BCUT2D eigenvalue weighted by molar-refractivity contribution is 5.81. The number of imidazole rings is 1. The first kappa shape index (κ1) is 26.3. The quantitative estimate of drug-likeness (QED) is 0.250. The second-order valence-corrected chi connectivity index (χ2v) is 10.5. The summed E-state index contributed by atoms with van der Waals surface area (Å²) in [6.07, 6.45) is 10.7. The van der Waals surface area contributed by atoms with Gasteiger partial charge in [0.05, 0.1) is 6.54 Å². The van der Waals surface area contributed by atoms with Gasteiger partial charge in [0.15, 0.2) is 5.82 Å². The average molecular weight is 525 g/mol. The number of aromatic amines is 1. The predicted molar refractivity (Wildman–Crippen MR) is 153 cm³/mol. The highest BCUT2D eigenvalue weighted by Gasteiger charge is 2.22. The van der Waals surface area contributed by atoms with E-state index < -0.39 is 0 Å². The molecule has 4 aromatic heterocycles. The zero-order valence-corrected chi connectivity index (χ0v) is 23.3. The first-order valence-corrected chi connectivity index (χ1v) is 13.7. The second-order valence-electron chi connectivity index (χ2n) is 10.5. The summed E-state index contributed by atoms with van der Waals surface area (Å²) in [6.45, 7) is 11.2. The van der Waals surface area contributed by atoms with Crippen molar-refractivity contribution in [1.82, 2.24) is 39.3 Å². The fourth-order valence-electron chi connectivity index (χ4n) is 5.17. The molecule has 9 nitrogen and oxygen atoms in total. The number of nitrogens with zero attached hydrogens (tertiary/aromatic N) is 7. The SMILES string of the molecule is CCCCc1cn(-c2c(C(C)C)ccn2C(C)C)c(=O)n1Cc1cnccc1-c1ccccc1-c1nnn[nH]1. The van der Waals surface area contributed by atoms with Gasteiger partial charge in [0.2, 0.25) is 0 Å². The molecule has 0 saturated heterocycles. The van der Waals surface area contributed by atoms with Crippen molar-refractivity contribution in [3.8, 4) is 28.3 Å². The summed E-state index contributed by atoms with van der Waals surface area (Å²) in [7, 11) is 0. The van der Waals surface area contributed by atoms with E-state index in [1.54, 1.807) is 6.20 Å². The van der Waals surface area contributed by atoms with Crippen LogP contribution in [0.15, 0.2) is 66.0 Å². The average Bonchev–Trinajstić information content (AvgIpc) is 3.68. The number of benzene rings is 1. The molecule has 0 radical (unpaired) electrons. The molecule has 0 bridgehead atoms. The van der Waals surface area contributed by atoms with E-state index >= 15 is 0 Å². The van der Waals surface area contributed by atoms with E-state index in [2.05, 4.69) is 77.1 Å². The molecule has 0 aliphatic heterocycles. The van der Waals surface area contributed by atoms with E-state index in [1.165, 1.54) is 5.56 Å². The Hall–Kier alpha value is -4.27. The lowest BCUT2D eigenvalue weighted by molar-refractivity contribution is 0.579. The largest absolute Gasteiger partial charge is 0.334 e. The standard InChI is InChI=1S/C30H36N8O/c1-6-7-10-23-19-38(29-24(20(2)3)14-16-36(29)21(4)5)30(39)37(23)18-22-17-31-15-13-25(22)26-11-8-9-12-27(26)28-32-34-35-33-28/h8-9,11-17,19-21H,6-7,10,18H2,1-5H3,(H,32,33,34,35). The molecular formula is C30H36N8O. The van der Waals surface area contributed by atoms with Crippen molar-refractivity contribution in [2.24, 2.45) is 0 Å². The van der Waals surface area contributed by atoms with Crippen LogP contribution in [0.5, 0.6) is 0 Å². The van der Waals surface area contributed by atoms with Crippen LogP contribution in [0.2, 0.25) is 0 Å². The van der Waals surface area contributed by atoms with E-state index in [1.807, 2.05) is 51.9 Å². The Bertz CT molecular complexity index is 1580. The summed E-state index contributed by atoms with van der Waals surface area (Å²) in [5, 5.41) is 14.5. The number of nitrogens with one attached hydrogen (secondary N) is 1. The molecule has 0 aliphatic carbocycles. The molecule has 0 unspecified atom stereocenters. The van der Waals surface area contributed by atoms with Crippen molar-refractivity contribution >= 4 is 0 Å². The van der Waals surface area contributed by atoms with E-state index in [-0.39, 0.29) is 11.7 Å². The van der Waals surface area contributed by atoms with Gasteiger partial charge in [-0.3, -0.25) is 14.1 Å². The molecular weight excluding hydrogens is 488 g/mol. The lowest BCUT2D eigenvalue weighted by atomic mass is 9.96. The minimum absolute atomic E-state index is 0.0360. The number of aromatic nitrogens is 8. The highest BCUT2D eigenvalue weighted by Crippen LogP contribution is 2.32. The lowest BCUT2D eigenvalue weighted by Gasteiger charge is -2.16. The Labute approximate surface area is 228 Å². The van der Waals surface area contributed by atoms with Gasteiger partial charge in [-0.1, -0.05) is 51.5 Å². The van der Waals surface area contributed by atoms with E-state index in [0.29, 0.717) is 18.3 Å². The van der Waals surface area contributed by atoms with E-state index in [0.717, 1.165) is 53.0 Å². The van der Waals surface area contributed by atoms with Crippen LogP contribution < -0.4 is 5.69 Å². The third-order valence-corrected chi connectivity index (χ3v) is 7.22. The zero-order chi connectivity index (χ0) is 27.5. The fraction of sp³-hybridized carbons (Fsp3) is 0.367. The van der Waals surface area contributed by atoms with Crippen LogP contribution >= 0.6 is 0 Å². The van der Waals surface area contributed by atoms with Gasteiger partial charge in [0.25, 0.3) is 0 Å². The van der Waals surface area contributed by atoms with Crippen LogP contribution in [0.3, 0.4) is 0 Å². The number of hydrogen-bond acceptors (Lipinski definition) is 5. The number of tetrazole rings is 1. The molecule has 1 aromatic carbocycles. The van der Waals surface area contributed by atoms with Gasteiger partial charge in [-0.2, -0.15) is 0 Å². The molecule has 0 spiro atoms. The van der Waals surface area contributed by atoms with Gasteiger partial charge in [0, 0.05) is 42.1 Å². The Kier molecular flexibility index (Phi) is 7.58. The summed E-state index contributed by atoms with van der Waals surface area (Å²) in [5.74, 6) is 1.84. The van der Waals surface area contributed by atoms with Crippen molar-refractivity contribution in [3.05, 3.63) is 88.5 Å². The number of hydrogen-bond donors (Lipinski definition) is 1. The van der Waals surface area contributed by atoms with Gasteiger partial charge in [-0.05, 0) is 77.4 Å². The number of pyridine rings is 1. The summed E-state index contributed by atoms with van der Waals surface area (Å²) >= 11 is 0. The highest BCUT2D eigenvalue weighted by atomic mass is 16.1. The summed E-state index contributed by atoms with van der Waals surface area (Å²) < 4.78 is 5.96. The first-order chi connectivity index (χ1) is 18.9. The minimum atomic E-state index is -0.0360. The van der Waals surface area contributed by atoms with Gasteiger partial charge in [0.1, 0.15) is 5.82 Å². The molecule has 5 rings (SSSR count). The maximum absolute atomic E-state index is 14.2. The van der Waals surface area contributed by atoms with Crippen LogP contribution in [0.25, 0.3) is 28.3 Å². The van der Waals surface area contributed by atoms with Gasteiger partial charge < -0.3 is 4.57 Å². The molecule has 0 saturated carbocycles. The van der Waals surface area contributed by atoms with Gasteiger partial charge in [-0.15, -0.1) is 5.10 Å². The molecule has 0 fully saturated rings. The third kappa shape index (κ3) is 5.08. The summed E-state index contributed by atoms with van der Waals surface area (Å²) in [4.78, 5) is 18.6. The molecule has 9 heteroatoms. The monoisotopic (exact) mass is 524 g/mol. The van der Waals surface area contributed by atoms with Gasteiger partial charge in [-0.25, -0.2) is 9.89 Å². The van der Waals surface area contributed by atoms with Crippen LogP contribution in [0.1, 0.15) is 76.2 Å². The molecule has 1 N–H and O–H groups in total. The maximum Gasteiger partial charge on any atom is 0.334 e. The van der Waals surface area contributed by atoms with E-state index in [4.69, 9.17) is 0 Å². The molecule has 0 aliphatic rings. The van der Waals surface area contributed by atoms with Crippen molar-refractivity contribution in [2.75, 3.05) is 0 Å². The molecule has 5 aromatic rings. The Morgan fingerprint density at radius 3 is 2.49 bits per heavy atom. The van der Waals surface area contributed by atoms with Crippen LogP contribution in [0.4, 0.5) is 0 Å². The molecule has 202 valence electrons. The third-order valence-electron chi connectivity index (χ3n) is 7.22. The smallest absolute Gasteiger partial charge is 0.331 e. The Balaban J connectivity index is 1.65. The predicted octanol–water partition coefficient (Wildman–Crippen LogP) is 5.78. The number of aryl methyl sites for hydroxylation is 1. The molecule has 0 atom stereocenters. The second kappa shape index (κ2) is 11.2. The van der Waals surface area contributed by atoms with Crippen LogP contribution in [-0.2, 0) is 13.0 Å². The fourth-order valence-corrected chi connectivity index (χ4v) is 5.17. The summed E-state index contributed by atoms with van der Waals surface area (Å²) in [6, 6.07) is 12.4. The molecule has 39 heavy (non-hydrogen) atoms. The van der Waals surface area contributed by atoms with E-state index in [9.17, 15) is 4.79 Å². The Morgan fingerprint density at radius 2 is 1.79 bits per heavy atom. The lowest BCUT2D eigenvalue weighted by Crippen LogP contribution is -2.27. The normalized spacial score (nSPS) is 11.7. The van der Waals surface area contributed by atoms with Crippen molar-refractivity contribution in [1.29, 1.82) is 0 Å². The molecule has 0 amide bonds. The number of H-pyrrole nitrogens is 1. The van der Waals surface area contributed by atoms with Crippen LogP contribution in [-0.4, -0.2) is 39.3 Å². The van der Waals surface area contributed by atoms with Gasteiger partial charge >= 0.3 is 5.69 Å². The van der Waals surface area contributed by atoms with Crippen molar-refractivity contribution in [3.63, 3.8) is 0 Å². The minimum Gasteiger partial charge on any atom is -0.331 e. The first-order valence-electron chi connectivity index (χ1n) is 13.7. The summed E-state index contributed by atoms with van der Waals surface area (Å²) in [5.41, 5.74) is 5.97. The Morgan fingerprint density at radius 1 is 1.00 bits per heavy atom. The molecule has 4 heterocycles. The maximum atomic E-state index is 14.2. The zero-order valence-electron chi connectivity index (χ0n) is 23.3. The van der Waals surface area contributed by atoms with Crippen molar-refractivity contribution in [2.45, 2.75) is 72.4 Å². The van der Waals surface area contributed by atoms with Crippen molar-refractivity contribution < 1.29 is 0 Å². The number of rotatable bonds is 10.